The highest BCUT2D eigenvalue weighted by Gasteiger charge is 2.20. The fraction of sp³-hybridized carbons (Fsp3) is 0. The molecule has 0 aromatic heterocycles. The molecule has 3 heteroatoms. The highest BCUT2D eigenvalue weighted by molar-refractivity contribution is 6.30. The van der Waals surface area contributed by atoms with Gasteiger partial charge in [-0.25, -0.2) is 0 Å². The van der Waals surface area contributed by atoms with Crippen LogP contribution in [0.1, 0.15) is 10.4 Å². The third-order valence-corrected chi connectivity index (χ3v) is 4.55. The summed E-state index contributed by atoms with van der Waals surface area (Å²) in [5.74, 6) is -0.0943. The minimum Gasteiger partial charge on any atom is -0.277 e. The van der Waals surface area contributed by atoms with Gasteiger partial charge in [0.05, 0.1) is 0 Å². The van der Waals surface area contributed by atoms with Crippen molar-refractivity contribution in [3.63, 3.8) is 0 Å². The van der Waals surface area contributed by atoms with Gasteiger partial charge in [0, 0.05) is 22.0 Å². The van der Waals surface area contributed by atoms with Crippen molar-refractivity contribution < 1.29 is 4.79 Å². The van der Waals surface area contributed by atoms with Crippen molar-refractivity contribution in [3.05, 3.63) is 108 Å². The Morgan fingerprint density at radius 1 is 0.654 bits per heavy atom. The van der Waals surface area contributed by atoms with Crippen molar-refractivity contribution in [1.82, 2.24) is 0 Å². The van der Waals surface area contributed by atoms with Crippen LogP contribution in [-0.2, 0) is 0 Å². The monoisotopic (exact) mass is 357 g/mol. The van der Waals surface area contributed by atoms with E-state index in [1.54, 1.807) is 29.2 Å². The Hall–Kier alpha value is -3.10. The average molecular weight is 358 g/mol. The van der Waals surface area contributed by atoms with Gasteiger partial charge >= 0.3 is 0 Å². The Bertz CT molecular complexity index is 1060. The summed E-state index contributed by atoms with van der Waals surface area (Å²) < 4.78 is 0. The minimum absolute atomic E-state index is 0.0943. The molecule has 0 N–H and O–H groups in total. The molecule has 0 spiro atoms. The Kier molecular flexibility index (Phi) is 4.42. The van der Waals surface area contributed by atoms with Gasteiger partial charge in [-0.3, -0.25) is 9.69 Å². The van der Waals surface area contributed by atoms with E-state index in [1.807, 2.05) is 60.7 Å². The van der Waals surface area contributed by atoms with Gasteiger partial charge in [0.25, 0.3) is 5.91 Å². The minimum atomic E-state index is -0.0943. The van der Waals surface area contributed by atoms with E-state index < -0.39 is 0 Å². The molecule has 126 valence electrons. The Balaban J connectivity index is 1.84. The van der Waals surface area contributed by atoms with Crippen LogP contribution >= 0.6 is 11.6 Å². The van der Waals surface area contributed by atoms with Gasteiger partial charge in [0.2, 0.25) is 0 Å². The molecule has 4 rings (SSSR count). The van der Waals surface area contributed by atoms with Crippen molar-refractivity contribution in [3.8, 4) is 0 Å². The molecule has 0 saturated carbocycles. The number of anilines is 2. The number of fused-ring (bicyclic) bond motifs is 1. The van der Waals surface area contributed by atoms with E-state index in [9.17, 15) is 4.79 Å². The maximum atomic E-state index is 13.3. The SMILES string of the molecule is O=C(c1ccc(Cl)cc1)N(c1ccccc1)c1ccc2ccccc2c1. The molecule has 4 aromatic rings. The first-order chi connectivity index (χ1) is 12.7. The summed E-state index contributed by atoms with van der Waals surface area (Å²) in [6.07, 6.45) is 0. The first-order valence-electron chi connectivity index (χ1n) is 8.36. The van der Waals surface area contributed by atoms with Crippen molar-refractivity contribution in [1.29, 1.82) is 0 Å². The van der Waals surface area contributed by atoms with E-state index in [2.05, 4.69) is 12.1 Å². The molecule has 0 aliphatic heterocycles. The van der Waals surface area contributed by atoms with E-state index in [1.165, 1.54) is 0 Å². The lowest BCUT2D eigenvalue weighted by atomic mass is 10.1. The van der Waals surface area contributed by atoms with Gasteiger partial charge in [-0.15, -0.1) is 0 Å². The maximum Gasteiger partial charge on any atom is 0.262 e. The molecule has 0 bridgehead atoms. The van der Waals surface area contributed by atoms with E-state index >= 15 is 0 Å². The zero-order chi connectivity index (χ0) is 17.9. The Morgan fingerprint density at radius 2 is 1.31 bits per heavy atom. The highest BCUT2D eigenvalue weighted by atomic mass is 35.5. The lowest BCUT2D eigenvalue weighted by Gasteiger charge is -2.23. The summed E-state index contributed by atoms with van der Waals surface area (Å²) in [6, 6.07) is 30.8. The molecular formula is C23H16ClNO. The quantitative estimate of drug-likeness (QED) is 0.411. The Morgan fingerprint density at radius 3 is 2.04 bits per heavy atom. The van der Waals surface area contributed by atoms with Crippen LogP contribution in [0.2, 0.25) is 5.02 Å². The summed E-state index contributed by atoms with van der Waals surface area (Å²) in [5.41, 5.74) is 2.24. The molecule has 0 unspecified atom stereocenters. The van der Waals surface area contributed by atoms with E-state index in [4.69, 9.17) is 11.6 Å². The summed E-state index contributed by atoms with van der Waals surface area (Å²) in [6.45, 7) is 0. The van der Waals surface area contributed by atoms with Crippen LogP contribution in [0.3, 0.4) is 0 Å². The molecule has 0 atom stereocenters. The van der Waals surface area contributed by atoms with Crippen LogP contribution in [0, 0.1) is 0 Å². The van der Waals surface area contributed by atoms with Crippen LogP contribution in [0.4, 0.5) is 11.4 Å². The first-order valence-corrected chi connectivity index (χ1v) is 8.74. The summed E-state index contributed by atoms with van der Waals surface area (Å²) in [5, 5.41) is 2.84. The lowest BCUT2D eigenvalue weighted by molar-refractivity contribution is 0.0999. The number of para-hydroxylation sites is 1. The van der Waals surface area contributed by atoms with E-state index in [0.717, 1.165) is 22.1 Å². The molecule has 0 radical (unpaired) electrons. The molecule has 0 heterocycles. The number of benzene rings is 4. The molecule has 26 heavy (non-hydrogen) atoms. The lowest BCUT2D eigenvalue weighted by Crippen LogP contribution is -2.25. The number of hydrogen-bond donors (Lipinski definition) is 0. The fourth-order valence-corrected chi connectivity index (χ4v) is 3.12. The summed E-state index contributed by atoms with van der Waals surface area (Å²) in [7, 11) is 0. The van der Waals surface area contributed by atoms with Gasteiger partial charge < -0.3 is 0 Å². The van der Waals surface area contributed by atoms with Crippen LogP contribution in [0.15, 0.2) is 97.1 Å². The third kappa shape index (κ3) is 3.19. The van der Waals surface area contributed by atoms with Crippen LogP contribution in [0.25, 0.3) is 10.8 Å². The molecule has 0 saturated heterocycles. The molecule has 0 fully saturated rings. The molecular weight excluding hydrogens is 342 g/mol. The van der Waals surface area contributed by atoms with Crippen molar-refractivity contribution in [2.24, 2.45) is 0 Å². The predicted octanol–water partition coefficient (Wildman–Crippen LogP) is 6.47. The predicted molar refractivity (Wildman–Crippen MR) is 108 cm³/mol. The molecule has 0 aliphatic carbocycles. The number of halogens is 1. The summed E-state index contributed by atoms with van der Waals surface area (Å²) >= 11 is 5.97. The van der Waals surface area contributed by atoms with Crippen LogP contribution in [0.5, 0.6) is 0 Å². The fourth-order valence-electron chi connectivity index (χ4n) is 3.00. The van der Waals surface area contributed by atoms with Gasteiger partial charge in [0.15, 0.2) is 0 Å². The molecule has 0 aliphatic rings. The van der Waals surface area contributed by atoms with Crippen molar-refractivity contribution in [2.75, 3.05) is 4.90 Å². The third-order valence-electron chi connectivity index (χ3n) is 4.30. The number of carbonyl (C=O) groups is 1. The molecule has 1 amide bonds. The average Bonchev–Trinajstić information content (AvgIpc) is 2.69. The normalized spacial score (nSPS) is 10.7. The number of carbonyl (C=O) groups excluding carboxylic acids is 1. The number of amides is 1. The van der Waals surface area contributed by atoms with Gasteiger partial charge in [-0.1, -0.05) is 60.1 Å². The highest BCUT2D eigenvalue weighted by Crippen LogP contribution is 2.30. The molecule has 4 aromatic carbocycles. The largest absolute Gasteiger partial charge is 0.277 e. The van der Waals surface area contributed by atoms with Gasteiger partial charge in [-0.05, 0) is 59.3 Å². The standard InChI is InChI=1S/C23H16ClNO/c24-20-13-10-18(11-14-20)23(26)25(21-8-2-1-3-9-21)22-15-12-17-6-4-5-7-19(17)16-22/h1-16H. The van der Waals surface area contributed by atoms with Gasteiger partial charge in [0.1, 0.15) is 0 Å². The second-order valence-electron chi connectivity index (χ2n) is 6.01. The van der Waals surface area contributed by atoms with E-state index in [0.29, 0.717) is 10.6 Å². The smallest absolute Gasteiger partial charge is 0.262 e. The number of hydrogen-bond acceptors (Lipinski definition) is 1. The second-order valence-corrected chi connectivity index (χ2v) is 6.45. The zero-order valence-electron chi connectivity index (χ0n) is 14.0. The van der Waals surface area contributed by atoms with Crippen molar-refractivity contribution >= 4 is 39.7 Å². The second kappa shape index (κ2) is 7.03. The van der Waals surface area contributed by atoms with Crippen molar-refractivity contribution in [2.45, 2.75) is 0 Å². The zero-order valence-corrected chi connectivity index (χ0v) is 14.7. The van der Waals surface area contributed by atoms with Gasteiger partial charge in [-0.2, -0.15) is 0 Å². The maximum absolute atomic E-state index is 13.3. The molecule has 2 nitrogen and oxygen atoms in total. The topological polar surface area (TPSA) is 20.3 Å². The van der Waals surface area contributed by atoms with Crippen LogP contribution in [-0.4, -0.2) is 5.91 Å². The number of nitrogens with zero attached hydrogens (tertiary/aromatic N) is 1. The number of rotatable bonds is 3. The van der Waals surface area contributed by atoms with Crippen LogP contribution < -0.4 is 4.90 Å². The first kappa shape index (κ1) is 16.4. The Labute approximate surface area is 157 Å². The summed E-state index contributed by atoms with van der Waals surface area (Å²) in [4.78, 5) is 15.0. The van der Waals surface area contributed by atoms with E-state index in [-0.39, 0.29) is 5.91 Å².